The Labute approximate surface area is 162 Å². The highest BCUT2D eigenvalue weighted by Crippen LogP contribution is 2.24. The third-order valence-corrected chi connectivity index (χ3v) is 3.67. The lowest BCUT2D eigenvalue weighted by molar-refractivity contribution is -0.274. The minimum absolute atomic E-state index is 0.0583. The Morgan fingerprint density at radius 2 is 1.69 bits per heavy atom. The Bertz CT molecular complexity index is 1040. The average Bonchev–Trinajstić information content (AvgIpc) is 2.67. The number of halogens is 3. The number of rotatable bonds is 5. The molecule has 1 atom stereocenters. The van der Waals surface area contributed by atoms with E-state index in [1.165, 1.54) is 25.3 Å². The van der Waals surface area contributed by atoms with Crippen molar-refractivity contribution in [2.75, 3.05) is 5.32 Å². The fraction of sp³-hybridized carbons (Fsp3) is 0.158. The summed E-state index contributed by atoms with van der Waals surface area (Å²) in [5.41, 5.74) is 1.25. The van der Waals surface area contributed by atoms with Gasteiger partial charge in [0.25, 0.3) is 5.91 Å². The van der Waals surface area contributed by atoms with Crippen LogP contribution >= 0.6 is 0 Å². The van der Waals surface area contributed by atoms with Gasteiger partial charge in [0.2, 0.25) is 0 Å². The van der Waals surface area contributed by atoms with E-state index in [-0.39, 0.29) is 11.4 Å². The van der Waals surface area contributed by atoms with Gasteiger partial charge in [0, 0.05) is 5.69 Å². The first-order chi connectivity index (χ1) is 13.7. The van der Waals surface area contributed by atoms with Gasteiger partial charge in [-0.3, -0.25) is 9.78 Å². The molecule has 0 aliphatic carbocycles. The zero-order valence-corrected chi connectivity index (χ0v) is 14.9. The van der Waals surface area contributed by atoms with E-state index in [0.29, 0.717) is 11.0 Å². The van der Waals surface area contributed by atoms with Crippen molar-refractivity contribution >= 4 is 28.6 Å². The lowest BCUT2D eigenvalue weighted by atomic mass is 10.2. The molecule has 10 heteroatoms. The number of nitrogens with zero attached hydrogens (tertiary/aromatic N) is 2. The van der Waals surface area contributed by atoms with Gasteiger partial charge in [0.15, 0.2) is 11.8 Å². The van der Waals surface area contributed by atoms with Crippen molar-refractivity contribution in [1.82, 2.24) is 9.97 Å². The number of alkyl halides is 3. The number of hydrogen-bond acceptors (Lipinski definition) is 6. The third kappa shape index (κ3) is 5.41. The van der Waals surface area contributed by atoms with Gasteiger partial charge in [0.05, 0.1) is 17.2 Å². The molecule has 0 aliphatic heterocycles. The molecular formula is C19H14F3N3O4. The lowest BCUT2D eigenvalue weighted by Gasteiger charge is -2.14. The second-order valence-corrected chi connectivity index (χ2v) is 5.85. The van der Waals surface area contributed by atoms with Crippen LogP contribution in [0, 0.1) is 0 Å². The fourth-order valence-corrected chi connectivity index (χ4v) is 2.31. The third-order valence-electron chi connectivity index (χ3n) is 3.67. The molecule has 2 aromatic carbocycles. The molecule has 7 nitrogen and oxygen atoms in total. The van der Waals surface area contributed by atoms with Gasteiger partial charge < -0.3 is 14.8 Å². The molecule has 1 amide bonds. The normalized spacial score (nSPS) is 12.3. The minimum atomic E-state index is -4.81. The first kappa shape index (κ1) is 20.1. The van der Waals surface area contributed by atoms with E-state index >= 15 is 0 Å². The van der Waals surface area contributed by atoms with Crippen molar-refractivity contribution in [2.45, 2.75) is 19.4 Å². The van der Waals surface area contributed by atoms with Crippen molar-refractivity contribution in [1.29, 1.82) is 0 Å². The van der Waals surface area contributed by atoms with Crippen LogP contribution in [0.5, 0.6) is 5.75 Å². The van der Waals surface area contributed by atoms with Gasteiger partial charge in [-0.25, -0.2) is 9.78 Å². The molecule has 0 radical (unpaired) electrons. The Balaban J connectivity index is 1.60. The summed E-state index contributed by atoms with van der Waals surface area (Å²) in [6.45, 7) is 1.35. The predicted octanol–water partition coefficient (Wildman–Crippen LogP) is 3.71. The maximum Gasteiger partial charge on any atom is 0.573 e. The van der Waals surface area contributed by atoms with Crippen molar-refractivity contribution in [3.63, 3.8) is 0 Å². The first-order valence-corrected chi connectivity index (χ1v) is 8.31. The molecule has 1 unspecified atom stereocenters. The summed E-state index contributed by atoms with van der Waals surface area (Å²) in [6.07, 6.45) is -4.74. The number of aromatic nitrogens is 2. The molecule has 0 bridgehead atoms. The fourth-order valence-electron chi connectivity index (χ4n) is 2.31. The van der Waals surface area contributed by atoms with Crippen LogP contribution in [0.4, 0.5) is 18.9 Å². The van der Waals surface area contributed by atoms with E-state index in [4.69, 9.17) is 4.74 Å². The monoisotopic (exact) mass is 405 g/mol. The van der Waals surface area contributed by atoms with Crippen LogP contribution < -0.4 is 10.1 Å². The number of para-hydroxylation sites is 2. The molecule has 1 aromatic heterocycles. The van der Waals surface area contributed by atoms with Crippen molar-refractivity contribution in [3.05, 3.63) is 60.4 Å². The molecule has 150 valence electrons. The van der Waals surface area contributed by atoms with Gasteiger partial charge in [-0.2, -0.15) is 0 Å². The van der Waals surface area contributed by atoms with Crippen molar-refractivity contribution in [2.24, 2.45) is 0 Å². The topological polar surface area (TPSA) is 90.4 Å². The second kappa shape index (κ2) is 8.13. The number of anilines is 1. The maximum atomic E-state index is 12.2. The van der Waals surface area contributed by atoms with E-state index in [0.717, 1.165) is 12.1 Å². The molecule has 0 fully saturated rings. The zero-order chi connectivity index (χ0) is 21.0. The molecule has 3 rings (SSSR count). The summed E-state index contributed by atoms with van der Waals surface area (Å²) in [5.74, 6) is -1.93. The molecular weight excluding hydrogens is 391 g/mol. The number of benzene rings is 2. The van der Waals surface area contributed by atoms with E-state index in [2.05, 4.69) is 20.0 Å². The van der Waals surface area contributed by atoms with Gasteiger partial charge in [-0.1, -0.05) is 12.1 Å². The van der Waals surface area contributed by atoms with E-state index in [9.17, 15) is 22.8 Å². The Kier molecular flexibility index (Phi) is 5.62. The second-order valence-electron chi connectivity index (χ2n) is 5.85. The minimum Gasteiger partial charge on any atom is -0.448 e. The summed E-state index contributed by atoms with van der Waals surface area (Å²) in [5, 5.41) is 2.43. The highest BCUT2D eigenvalue weighted by atomic mass is 19.4. The van der Waals surface area contributed by atoms with Gasteiger partial charge in [-0.05, 0) is 43.3 Å². The highest BCUT2D eigenvalue weighted by molar-refractivity contribution is 5.97. The van der Waals surface area contributed by atoms with Gasteiger partial charge >= 0.3 is 12.3 Å². The molecule has 0 spiro atoms. The van der Waals surface area contributed by atoms with E-state index in [1.54, 1.807) is 24.3 Å². The lowest BCUT2D eigenvalue weighted by Crippen LogP contribution is -2.30. The number of esters is 1. The summed E-state index contributed by atoms with van der Waals surface area (Å²) in [6, 6.07) is 11.5. The van der Waals surface area contributed by atoms with Crippen LogP contribution in [-0.2, 0) is 9.53 Å². The van der Waals surface area contributed by atoms with Crippen molar-refractivity contribution in [3.8, 4) is 5.75 Å². The van der Waals surface area contributed by atoms with Gasteiger partial charge in [-0.15, -0.1) is 13.2 Å². The number of nitrogens with one attached hydrogen (secondary N) is 1. The first-order valence-electron chi connectivity index (χ1n) is 8.31. The highest BCUT2D eigenvalue weighted by Gasteiger charge is 2.31. The molecule has 29 heavy (non-hydrogen) atoms. The standard InChI is InChI=1S/C19H14F3N3O4/c1-11(17(26)24-12-6-8-13(9-7-12)29-19(20,21)22)28-18(27)16-10-23-14-4-2-3-5-15(14)25-16/h2-11H,1H3,(H,24,26). The predicted molar refractivity (Wildman–Crippen MR) is 96.2 cm³/mol. The maximum absolute atomic E-state index is 12.2. The Hall–Kier alpha value is -3.69. The average molecular weight is 405 g/mol. The number of ether oxygens (including phenoxy) is 2. The van der Waals surface area contributed by atoms with Crippen molar-refractivity contribution < 1.29 is 32.2 Å². The number of carbonyl (C=O) groups excluding carboxylic acids is 2. The summed E-state index contributed by atoms with van der Waals surface area (Å²) >= 11 is 0. The summed E-state index contributed by atoms with van der Waals surface area (Å²) in [7, 11) is 0. The summed E-state index contributed by atoms with van der Waals surface area (Å²) in [4.78, 5) is 32.6. The number of amides is 1. The summed E-state index contributed by atoms with van der Waals surface area (Å²) < 4.78 is 45.3. The number of fused-ring (bicyclic) bond motifs is 1. The van der Waals surface area contributed by atoms with Crippen LogP contribution in [0.1, 0.15) is 17.4 Å². The quantitative estimate of drug-likeness (QED) is 0.651. The molecule has 1 heterocycles. The van der Waals surface area contributed by atoms with E-state index in [1.807, 2.05) is 0 Å². The van der Waals surface area contributed by atoms with Crippen LogP contribution in [-0.4, -0.2) is 34.3 Å². The number of hydrogen-bond donors (Lipinski definition) is 1. The largest absolute Gasteiger partial charge is 0.573 e. The van der Waals surface area contributed by atoms with E-state index < -0.39 is 30.1 Å². The molecule has 0 saturated carbocycles. The van der Waals surface area contributed by atoms with Crippen LogP contribution in [0.15, 0.2) is 54.7 Å². The Morgan fingerprint density at radius 1 is 1.03 bits per heavy atom. The van der Waals surface area contributed by atoms with Crippen LogP contribution in [0.3, 0.4) is 0 Å². The molecule has 3 aromatic rings. The SMILES string of the molecule is CC(OC(=O)c1cnc2ccccc2n1)C(=O)Nc1ccc(OC(F)(F)F)cc1. The molecule has 0 saturated heterocycles. The molecule has 0 aliphatic rings. The zero-order valence-electron chi connectivity index (χ0n) is 14.9. The van der Waals surface area contributed by atoms with Crippen LogP contribution in [0.2, 0.25) is 0 Å². The Morgan fingerprint density at radius 3 is 2.34 bits per heavy atom. The van der Waals surface area contributed by atoms with Gasteiger partial charge in [0.1, 0.15) is 5.75 Å². The van der Waals surface area contributed by atoms with Crippen LogP contribution in [0.25, 0.3) is 11.0 Å². The number of carbonyl (C=O) groups is 2. The molecule has 1 N–H and O–H groups in total. The smallest absolute Gasteiger partial charge is 0.448 e.